The summed E-state index contributed by atoms with van der Waals surface area (Å²) >= 11 is 0. The van der Waals surface area contributed by atoms with Crippen LogP contribution in [0, 0.1) is 6.92 Å². The summed E-state index contributed by atoms with van der Waals surface area (Å²) in [5.41, 5.74) is 5.29. The molecule has 1 aromatic heterocycles. The molecule has 1 unspecified atom stereocenters. The van der Waals surface area contributed by atoms with Crippen LogP contribution < -0.4 is 0 Å². The van der Waals surface area contributed by atoms with Crippen molar-refractivity contribution in [2.45, 2.75) is 33.7 Å². The van der Waals surface area contributed by atoms with Gasteiger partial charge in [-0.2, -0.15) is 0 Å². The van der Waals surface area contributed by atoms with Crippen LogP contribution in [0.5, 0.6) is 0 Å². The Balaban J connectivity index is 2.41. The molecule has 0 N–H and O–H groups in total. The van der Waals surface area contributed by atoms with E-state index in [1.165, 1.54) is 5.57 Å². The molecule has 0 saturated heterocycles. The van der Waals surface area contributed by atoms with Gasteiger partial charge in [0.2, 0.25) is 0 Å². The number of fused-ring (bicyclic) bond motifs is 3. The van der Waals surface area contributed by atoms with Gasteiger partial charge >= 0.3 is 0 Å². The van der Waals surface area contributed by atoms with E-state index in [4.69, 9.17) is 4.98 Å². The fourth-order valence-electron chi connectivity index (χ4n) is 2.99. The zero-order valence-electron chi connectivity index (χ0n) is 13.5. The first-order valence-corrected chi connectivity index (χ1v) is 7.45. The van der Waals surface area contributed by atoms with E-state index < -0.39 is 0 Å². The molecular weight excluding hydrogens is 272 g/mol. The Morgan fingerprint density at radius 1 is 1.36 bits per heavy atom. The quantitative estimate of drug-likeness (QED) is 0.709. The molecule has 1 atom stereocenters. The van der Waals surface area contributed by atoms with Crippen LogP contribution in [0.25, 0.3) is 17.0 Å². The zero-order chi connectivity index (χ0) is 15.9. The van der Waals surface area contributed by atoms with Crippen LogP contribution in [0.15, 0.2) is 40.3 Å². The number of para-hydroxylation sites is 1. The van der Waals surface area contributed by atoms with Gasteiger partial charge in [0.15, 0.2) is 5.84 Å². The van der Waals surface area contributed by atoms with E-state index in [1.807, 2.05) is 25.1 Å². The predicted octanol–water partition coefficient (Wildman–Crippen LogP) is 4.59. The fraction of sp³-hybridized carbons (Fsp3) is 0.278. The number of hydrogen-bond donors (Lipinski definition) is 0. The van der Waals surface area contributed by atoms with Crippen molar-refractivity contribution in [3.05, 3.63) is 41.7 Å². The van der Waals surface area contributed by atoms with Crippen molar-refractivity contribution in [2.75, 3.05) is 0 Å². The molecule has 0 aliphatic carbocycles. The molecule has 0 bridgehead atoms. The van der Waals surface area contributed by atoms with Gasteiger partial charge in [-0.1, -0.05) is 18.2 Å². The lowest BCUT2D eigenvalue weighted by atomic mass is 10.1. The molecular formula is C18H20N4. The molecule has 3 rings (SSSR count). The Bertz CT molecular complexity index is 808. The van der Waals surface area contributed by atoms with Gasteiger partial charge in [-0.25, -0.2) is 15.0 Å². The monoisotopic (exact) mass is 292 g/mol. The van der Waals surface area contributed by atoms with Gasteiger partial charge in [0.1, 0.15) is 5.82 Å². The Hall–Kier alpha value is -2.49. The summed E-state index contributed by atoms with van der Waals surface area (Å²) in [6.45, 7) is 12.0. The number of rotatable bonds is 1. The first kappa shape index (κ1) is 14.4. The molecule has 1 aliphatic heterocycles. The lowest BCUT2D eigenvalue weighted by Crippen LogP contribution is -2.16. The van der Waals surface area contributed by atoms with Crippen LogP contribution >= 0.6 is 0 Å². The molecule has 1 aromatic carbocycles. The number of hydrogen-bond acceptors (Lipinski definition) is 3. The first-order valence-electron chi connectivity index (χ1n) is 7.45. The summed E-state index contributed by atoms with van der Waals surface area (Å²) in [7, 11) is 0. The molecule has 22 heavy (non-hydrogen) atoms. The van der Waals surface area contributed by atoms with Gasteiger partial charge < -0.3 is 4.57 Å². The summed E-state index contributed by atoms with van der Waals surface area (Å²) in [5.74, 6) is 1.66. The number of aromatic nitrogens is 2. The number of amidine groups is 1. The Kier molecular flexibility index (Phi) is 3.53. The van der Waals surface area contributed by atoms with E-state index in [9.17, 15) is 0 Å². The minimum atomic E-state index is -0.00833. The number of aliphatic imine (C=N–C) groups is 2. The van der Waals surface area contributed by atoms with Crippen LogP contribution in [-0.4, -0.2) is 22.1 Å². The van der Waals surface area contributed by atoms with Crippen LogP contribution in [0.4, 0.5) is 5.69 Å². The summed E-state index contributed by atoms with van der Waals surface area (Å²) in [4.78, 5) is 13.7. The third-order valence-corrected chi connectivity index (χ3v) is 4.19. The topological polar surface area (TPSA) is 42.5 Å². The Morgan fingerprint density at radius 2 is 2.09 bits per heavy atom. The molecule has 0 radical (unpaired) electrons. The van der Waals surface area contributed by atoms with Crippen LogP contribution in [0.1, 0.15) is 38.2 Å². The maximum atomic E-state index is 4.83. The highest BCUT2D eigenvalue weighted by molar-refractivity contribution is 5.95. The summed E-state index contributed by atoms with van der Waals surface area (Å²) in [6, 6.07) is 8.05. The van der Waals surface area contributed by atoms with Gasteiger partial charge in [0.25, 0.3) is 0 Å². The summed E-state index contributed by atoms with van der Waals surface area (Å²) in [6.07, 6.45) is 2.11. The maximum Gasteiger partial charge on any atom is 0.150 e. The second-order valence-electron chi connectivity index (χ2n) is 5.53. The third-order valence-electron chi connectivity index (χ3n) is 4.19. The van der Waals surface area contributed by atoms with Gasteiger partial charge in [-0.15, -0.1) is 0 Å². The molecule has 0 fully saturated rings. The number of nitrogens with zero attached hydrogens (tertiary/aromatic N) is 4. The Morgan fingerprint density at radius 3 is 2.77 bits per heavy atom. The van der Waals surface area contributed by atoms with Crippen LogP contribution in [-0.2, 0) is 0 Å². The number of allylic oxidation sites excluding steroid dienone is 2. The minimum absolute atomic E-state index is 0.00833. The molecule has 2 aromatic rings. The molecule has 0 spiro atoms. The van der Waals surface area contributed by atoms with Crippen molar-refractivity contribution in [1.82, 2.24) is 9.55 Å². The van der Waals surface area contributed by atoms with E-state index in [-0.39, 0.29) is 6.04 Å². The van der Waals surface area contributed by atoms with Crippen molar-refractivity contribution in [3.8, 4) is 11.4 Å². The standard InChI is InChI=1S/C18H20N4/c1-6-11(2)16-12(3)20-18-14-9-7-8-10-15(14)21-17(19-5)13(4)22(16)18/h6-10,13H,5H2,1-4H3. The van der Waals surface area contributed by atoms with E-state index in [0.717, 1.165) is 28.5 Å². The molecule has 0 amide bonds. The lowest BCUT2D eigenvalue weighted by molar-refractivity contribution is 0.692. The largest absolute Gasteiger partial charge is 0.313 e. The molecule has 112 valence electrons. The van der Waals surface area contributed by atoms with E-state index in [2.05, 4.69) is 54.2 Å². The first-order chi connectivity index (χ1) is 10.6. The average Bonchev–Trinajstić information content (AvgIpc) is 2.83. The van der Waals surface area contributed by atoms with E-state index >= 15 is 0 Å². The zero-order valence-corrected chi connectivity index (χ0v) is 13.5. The normalized spacial score (nSPS) is 17.4. The lowest BCUT2D eigenvalue weighted by Gasteiger charge is -2.17. The number of imidazole rings is 1. The van der Waals surface area contributed by atoms with E-state index in [1.54, 1.807) is 0 Å². The second-order valence-corrected chi connectivity index (χ2v) is 5.53. The third kappa shape index (κ3) is 2.03. The molecule has 1 aliphatic rings. The fourth-order valence-corrected chi connectivity index (χ4v) is 2.99. The van der Waals surface area contributed by atoms with Crippen molar-refractivity contribution in [3.63, 3.8) is 0 Å². The number of aryl methyl sites for hydroxylation is 1. The minimum Gasteiger partial charge on any atom is -0.313 e. The Labute approximate surface area is 131 Å². The summed E-state index contributed by atoms with van der Waals surface area (Å²) < 4.78 is 2.23. The second kappa shape index (κ2) is 5.37. The van der Waals surface area contributed by atoms with E-state index in [0.29, 0.717) is 5.84 Å². The SMILES string of the molecule is C=NC1=Nc2ccccc2-c2nc(C)c(C(C)=CC)n2C1C. The predicted molar refractivity (Wildman–Crippen MR) is 93.1 cm³/mol. The smallest absolute Gasteiger partial charge is 0.150 e. The van der Waals surface area contributed by atoms with Gasteiger partial charge in [0, 0.05) is 5.56 Å². The number of benzene rings is 1. The average molecular weight is 292 g/mol. The van der Waals surface area contributed by atoms with Crippen molar-refractivity contribution >= 4 is 23.8 Å². The van der Waals surface area contributed by atoms with Crippen LogP contribution in [0.3, 0.4) is 0 Å². The molecule has 4 heteroatoms. The molecule has 0 saturated carbocycles. The van der Waals surface area contributed by atoms with Crippen molar-refractivity contribution in [2.24, 2.45) is 9.98 Å². The molecule has 4 nitrogen and oxygen atoms in total. The molecule has 2 heterocycles. The van der Waals surface area contributed by atoms with Crippen LogP contribution in [0.2, 0.25) is 0 Å². The summed E-state index contributed by atoms with van der Waals surface area (Å²) in [5, 5.41) is 0. The van der Waals surface area contributed by atoms with Gasteiger partial charge in [-0.3, -0.25) is 0 Å². The highest BCUT2D eigenvalue weighted by Gasteiger charge is 2.27. The van der Waals surface area contributed by atoms with Crippen molar-refractivity contribution in [1.29, 1.82) is 0 Å². The van der Waals surface area contributed by atoms with Gasteiger partial charge in [-0.05, 0) is 52.1 Å². The maximum absolute atomic E-state index is 4.83. The van der Waals surface area contributed by atoms with Crippen molar-refractivity contribution < 1.29 is 0 Å². The van der Waals surface area contributed by atoms with Gasteiger partial charge in [0.05, 0.1) is 23.1 Å². The highest BCUT2D eigenvalue weighted by atomic mass is 15.2. The highest BCUT2D eigenvalue weighted by Crippen LogP contribution is 2.38.